The molecule has 0 spiro atoms. The Bertz CT molecular complexity index is 1320. The molecule has 1 aliphatic heterocycles. The quantitative estimate of drug-likeness (QED) is 0.321. The number of ketones is 1. The number of carbonyl (C=O) groups excluding carboxylic acids is 3. The highest BCUT2D eigenvalue weighted by Crippen LogP contribution is 2.42. The highest BCUT2D eigenvalue weighted by atomic mass is 35.5. The number of nitrogens with one attached hydrogen (secondary N) is 1. The molecule has 1 atom stereocenters. The van der Waals surface area contributed by atoms with Crippen LogP contribution in [0.4, 0.5) is 11.4 Å². The van der Waals surface area contributed by atoms with E-state index in [2.05, 4.69) is 10.3 Å². The van der Waals surface area contributed by atoms with Gasteiger partial charge in [-0.1, -0.05) is 23.7 Å². The Kier molecular flexibility index (Phi) is 6.34. The SMILES string of the molecule is COc1ccc(/C(O)=C2\C(=O)C(=O)N(c3cccc(NC(C)=O)c3)C2c2ccccn2)cc1Cl. The van der Waals surface area contributed by atoms with Gasteiger partial charge in [-0.2, -0.15) is 0 Å². The van der Waals surface area contributed by atoms with Gasteiger partial charge in [0.2, 0.25) is 5.91 Å². The summed E-state index contributed by atoms with van der Waals surface area (Å²) in [6.07, 6.45) is 1.54. The standard InChI is InChI=1S/C25H20ClN3O5/c1-14(30)28-16-6-5-7-17(13-16)29-22(19-8-3-4-11-27-19)21(24(32)25(29)33)23(31)15-9-10-20(34-2)18(26)12-15/h3-13,22,31H,1-2H3,(H,28,30)/b23-21+. The summed E-state index contributed by atoms with van der Waals surface area (Å²) in [5, 5.41) is 14.1. The predicted octanol–water partition coefficient (Wildman–Crippen LogP) is 4.33. The topological polar surface area (TPSA) is 109 Å². The molecule has 1 aliphatic rings. The molecule has 4 rings (SSSR count). The monoisotopic (exact) mass is 477 g/mol. The van der Waals surface area contributed by atoms with Gasteiger partial charge in [-0.15, -0.1) is 0 Å². The Morgan fingerprint density at radius 1 is 1.12 bits per heavy atom. The van der Waals surface area contributed by atoms with E-state index in [-0.39, 0.29) is 27.8 Å². The van der Waals surface area contributed by atoms with Crippen LogP contribution in [-0.2, 0) is 14.4 Å². The lowest BCUT2D eigenvalue weighted by Gasteiger charge is -2.25. The molecule has 2 amide bonds. The third-order valence-electron chi connectivity index (χ3n) is 5.28. The predicted molar refractivity (Wildman–Crippen MR) is 128 cm³/mol. The number of Topliss-reactive ketones (excluding diaryl/α,β-unsaturated/α-hetero) is 1. The number of ether oxygens (including phenoxy) is 1. The molecule has 0 bridgehead atoms. The van der Waals surface area contributed by atoms with Crippen molar-refractivity contribution in [3.05, 3.63) is 88.7 Å². The van der Waals surface area contributed by atoms with Crippen molar-refractivity contribution in [1.29, 1.82) is 0 Å². The fourth-order valence-corrected chi connectivity index (χ4v) is 4.08. The van der Waals surface area contributed by atoms with Gasteiger partial charge < -0.3 is 15.2 Å². The van der Waals surface area contributed by atoms with Crippen LogP contribution in [0, 0.1) is 0 Å². The number of rotatable bonds is 5. The third kappa shape index (κ3) is 4.23. The van der Waals surface area contributed by atoms with Gasteiger partial charge in [0.15, 0.2) is 0 Å². The smallest absolute Gasteiger partial charge is 0.300 e. The van der Waals surface area contributed by atoms with E-state index in [1.54, 1.807) is 54.6 Å². The van der Waals surface area contributed by atoms with E-state index in [1.807, 2.05) is 0 Å². The molecule has 3 aromatic rings. The second-order valence-electron chi connectivity index (χ2n) is 7.50. The Balaban J connectivity index is 1.90. The van der Waals surface area contributed by atoms with Gasteiger partial charge in [-0.3, -0.25) is 24.3 Å². The zero-order valence-corrected chi connectivity index (χ0v) is 19.0. The van der Waals surface area contributed by atoms with E-state index < -0.39 is 17.7 Å². The molecule has 2 aromatic carbocycles. The number of hydrogen-bond acceptors (Lipinski definition) is 6. The van der Waals surface area contributed by atoms with Crippen LogP contribution in [0.3, 0.4) is 0 Å². The highest BCUT2D eigenvalue weighted by Gasteiger charge is 2.47. The summed E-state index contributed by atoms with van der Waals surface area (Å²) in [5.41, 5.74) is 1.31. The number of aromatic nitrogens is 1. The van der Waals surface area contributed by atoms with Gasteiger partial charge in [0.25, 0.3) is 11.7 Å². The summed E-state index contributed by atoms with van der Waals surface area (Å²) in [6, 6.07) is 15.2. The fourth-order valence-electron chi connectivity index (χ4n) is 3.82. The first-order valence-corrected chi connectivity index (χ1v) is 10.6. The Morgan fingerprint density at radius 3 is 2.56 bits per heavy atom. The van der Waals surface area contributed by atoms with Crippen molar-refractivity contribution in [1.82, 2.24) is 4.98 Å². The number of hydrogen-bond donors (Lipinski definition) is 2. The van der Waals surface area contributed by atoms with Gasteiger partial charge in [0, 0.05) is 30.1 Å². The number of benzene rings is 2. The summed E-state index contributed by atoms with van der Waals surface area (Å²) in [7, 11) is 1.46. The normalized spacial score (nSPS) is 17.0. The number of methoxy groups -OCH3 is 1. The first-order valence-electron chi connectivity index (χ1n) is 10.2. The average molecular weight is 478 g/mol. The van der Waals surface area contributed by atoms with Crippen molar-refractivity contribution < 1.29 is 24.2 Å². The number of pyridine rings is 1. The Labute approximate surface area is 200 Å². The van der Waals surface area contributed by atoms with Crippen LogP contribution in [-0.4, -0.2) is 34.8 Å². The molecule has 0 saturated carbocycles. The van der Waals surface area contributed by atoms with Gasteiger partial charge in [-0.25, -0.2) is 0 Å². The molecular weight excluding hydrogens is 458 g/mol. The number of nitrogens with zero attached hydrogens (tertiary/aromatic N) is 2. The van der Waals surface area contributed by atoms with Crippen LogP contribution < -0.4 is 15.0 Å². The molecule has 1 fully saturated rings. The van der Waals surface area contributed by atoms with E-state index in [0.717, 1.165) is 0 Å². The molecule has 172 valence electrons. The maximum Gasteiger partial charge on any atom is 0.300 e. The first-order chi connectivity index (χ1) is 16.3. The summed E-state index contributed by atoms with van der Waals surface area (Å²) < 4.78 is 5.15. The van der Waals surface area contributed by atoms with Crippen LogP contribution in [0.1, 0.15) is 24.2 Å². The number of anilines is 2. The molecule has 2 heterocycles. The van der Waals surface area contributed by atoms with Crippen molar-refractivity contribution in [2.75, 3.05) is 17.3 Å². The zero-order chi connectivity index (χ0) is 24.4. The van der Waals surface area contributed by atoms with Crippen molar-refractivity contribution in [2.45, 2.75) is 13.0 Å². The number of halogens is 1. The minimum Gasteiger partial charge on any atom is -0.507 e. The maximum atomic E-state index is 13.2. The van der Waals surface area contributed by atoms with Crippen molar-refractivity contribution >= 4 is 46.3 Å². The minimum absolute atomic E-state index is 0.130. The number of aliphatic hydroxyl groups is 1. The Hall–Kier alpha value is -4.17. The molecule has 1 saturated heterocycles. The molecule has 34 heavy (non-hydrogen) atoms. The van der Waals surface area contributed by atoms with Crippen molar-refractivity contribution in [2.24, 2.45) is 0 Å². The molecule has 0 radical (unpaired) electrons. The Morgan fingerprint density at radius 2 is 1.91 bits per heavy atom. The number of aliphatic hydroxyl groups excluding tert-OH is 1. The summed E-state index contributed by atoms with van der Waals surface area (Å²) in [4.78, 5) is 43.5. The summed E-state index contributed by atoms with van der Waals surface area (Å²) >= 11 is 6.21. The largest absolute Gasteiger partial charge is 0.507 e. The van der Waals surface area contributed by atoms with E-state index in [9.17, 15) is 19.5 Å². The molecule has 9 heteroatoms. The minimum atomic E-state index is -1.00. The zero-order valence-electron chi connectivity index (χ0n) is 18.3. The molecule has 0 aliphatic carbocycles. The van der Waals surface area contributed by atoms with Crippen LogP contribution in [0.15, 0.2) is 72.4 Å². The summed E-state index contributed by atoms with van der Waals surface area (Å²) in [6.45, 7) is 1.37. The van der Waals surface area contributed by atoms with Gasteiger partial charge in [0.05, 0.1) is 23.4 Å². The lowest BCUT2D eigenvalue weighted by molar-refractivity contribution is -0.132. The molecule has 8 nitrogen and oxygen atoms in total. The molecule has 1 aromatic heterocycles. The molecule has 2 N–H and O–H groups in total. The van der Waals surface area contributed by atoms with Gasteiger partial charge in [0.1, 0.15) is 17.6 Å². The summed E-state index contributed by atoms with van der Waals surface area (Å²) in [5.74, 6) is -1.98. The number of carbonyl (C=O) groups is 3. The third-order valence-corrected chi connectivity index (χ3v) is 5.58. The van der Waals surface area contributed by atoms with Crippen LogP contribution in [0.2, 0.25) is 5.02 Å². The van der Waals surface area contributed by atoms with Crippen LogP contribution >= 0.6 is 11.6 Å². The van der Waals surface area contributed by atoms with Gasteiger partial charge in [-0.05, 0) is 48.5 Å². The van der Waals surface area contributed by atoms with E-state index >= 15 is 0 Å². The van der Waals surface area contributed by atoms with Gasteiger partial charge >= 0.3 is 0 Å². The lowest BCUT2D eigenvalue weighted by atomic mass is 9.98. The highest BCUT2D eigenvalue weighted by molar-refractivity contribution is 6.51. The first kappa shape index (κ1) is 23.0. The molecular formula is C25H20ClN3O5. The fraction of sp³-hybridized carbons (Fsp3) is 0.120. The number of amides is 2. The molecule has 1 unspecified atom stereocenters. The van der Waals surface area contributed by atoms with Crippen molar-refractivity contribution in [3.8, 4) is 5.75 Å². The average Bonchev–Trinajstić information content (AvgIpc) is 3.09. The van der Waals surface area contributed by atoms with E-state index in [4.69, 9.17) is 16.3 Å². The maximum absolute atomic E-state index is 13.2. The van der Waals surface area contributed by atoms with Crippen LogP contribution in [0.5, 0.6) is 5.75 Å². The van der Waals surface area contributed by atoms with Crippen molar-refractivity contribution in [3.63, 3.8) is 0 Å². The van der Waals surface area contributed by atoms with Crippen LogP contribution in [0.25, 0.3) is 5.76 Å². The second kappa shape index (κ2) is 9.36. The second-order valence-corrected chi connectivity index (χ2v) is 7.91. The van der Waals surface area contributed by atoms with E-state index in [1.165, 1.54) is 31.2 Å². The lowest BCUT2D eigenvalue weighted by Crippen LogP contribution is -2.30. The van der Waals surface area contributed by atoms with E-state index in [0.29, 0.717) is 22.8 Å².